The lowest BCUT2D eigenvalue weighted by Crippen LogP contribution is -2.64. The SMILES string of the molecule is CC(=O)N[C@H]1[C@@H](O)[C@@H](O)O[C@H](CO)[C@@H]1O. The van der Waals surface area contributed by atoms with Crippen molar-refractivity contribution < 1.29 is 30.0 Å². The van der Waals surface area contributed by atoms with Crippen LogP contribution < -0.4 is 5.32 Å². The standard InChI is InChI=1S/C8H15NO6/c1-3(11)9-5-6(12)4(2-10)15-8(14)7(5)13/h4-8,10,12-14H,2H2,1H3,(H,9,11)/t4-,5-,6+,7-,8+/m1/s1. The molecule has 15 heavy (non-hydrogen) atoms. The van der Waals surface area contributed by atoms with Crippen molar-refractivity contribution >= 4 is 5.91 Å². The van der Waals surface area contributed by atoms with Gasteiger partial charge in [0.05, 0.1) is 12.6 Å². The van der Waals surface area contributed by atoms with Crippen molar-refractivity contribution in [1.82, 2.24) is 5.32 Å². The molecule has 0 radical (unpaired) electrons. The molecule has 0 spiro atoms. The molecule has 1 heterocycles. The first-order valence-electron chi connectivity index (χ1n) is 4.55. The van der Waals surface area contributed by atoms with Crippen LogP contribution in [-0.2, 0) is 9.53 Å². The monoisotopic (exact) mass is 221 g/mol. The van der Waals surface area contributed by atoms with Gasteiger partial charge in [0.25, 0.3) is 0 Å². The number of aliphatic hydroxyl groups excluding tert-OH is 4. The molecular formula is C8H15NO6. The van der Waals surface area contributed by atoms with Gasteiger partial charge < -0.3 is 30.5 Å². The predicted octanol–water partition coefficient (Wildman–Crippen LogP) is -3.08. The van der Waals surface area contributed by atoms with Crippen LogP contribution in [0.5, 0.6) is 0 Å². The van der Waals surface area contributed by atoms with Gasteiger partial charge >= 0.3 is 0 Å². The Kier molecular flexibility index (Phi) is 4.00. The van der Waals surface area contributed by atoms with Gasteiger partial charge in [0.1, 0.15) is 18.3 Å². The lowest BCUT2D eigenvalue weighted by Gasteiger charge is -2.40. The Morgan fingerprint density at radius 1 is 1.33 bits per heavy atom. The third kappa shape index (κ3) is 2.64. The average molecular weight is 221 g/mol. The van der Waals surface area contributed by atoms with E-state index in [9.17, 15) is 20.1 Å². The molecule has 0 aromatic rings. The second-order valence-corrected chi connectivity index (χ2v) is 3.46. The minimum Gasteiger partial charge on any atom is -0.394 e. The molecule has 0 bridgehead atoms. The van der Waals surface area contributed by atoms with Crippen LogP contribution in [0.4, 0.5) is 0 Å². The van der Waals surface area contributed by atoms with Crippen LogP contribution in [0.1, 0.15) is 6.92 Å². The van der Waals surface area contributed by atoms with Crippen LogP contribution in [-0.4, -0.2) is 63.6 Å². The van der Waals surface area contributed by atoms with E-state index in [1.54, 1.807) is 0 Å². The summed E-state index contributed by atoms with van der Waals surface area (Å²) >= 11 is 0. The molecule has 7 heteroatoms. The van der Waals surface area contributed by atoms with E-state index in [4.69, 9.17) is 9.84 Å². The van der Waals surface area contributed by atoms with Gasteiger partial charge in [-0.05, 0) is 0 Å². The van der Waals surface area contributed by atoms with E-state index in [1.807, 2.05) is 0 Å². The summed E-state index contributed by atoms with van der Waals surface area (Å²) in [6.45, 7) is 0.705. The molecule has 0 aliphatic carbocycles. The van der Waals surface area contributed by atoms with Crippen LogP contribution in [0.3, 0.4) is 0 Å². The van der Waals surface area contributed by atoms with Gasteiger partial charge in [-0.15, -0.1) is 0 Å². The Labute approximate surface area is 86.3 Å². The van der Waals surface area contributed by atoms with E-state index in [0.29, 0.717) is 0 Å². The van der Waals surface area contributed by atoms with Crippen LogP contribution in [0.2, 0.25) is 0 Å². The van der Waals surface area contributed by atoms with Crippen molar-refractivity contribution in [3.63, 3.8) is 0 Å². The maximum atomic E-state index is 10.8. The summed E-state index contributed by atoms with van der Waals surface area (Å²) in [4.78, 5) is 10.8. The summed E-state index contributed by atoms with van der Waals surface area (Å²) in [5.74, 6) is -0.455. The quantitative estimate of drug-likeness (QED) is 0.337. The predicted molar refractivity (Wildman–Crippen MR) is 47.6 cm³/mol. The van der Waals surface area contributed by atoms with Crippen LogP contribution in [0, 0.1) is 0 Å². The zero-order valence-corrected chi connectivity index (χ0v) is 8.20. The van der Waals surface area contributed by atoms with Crippen molar-refractivity contribution in [2.45, 2.75) is 37.6 Å². The number of hydrogen-bond donors (Lipinski definition) is 5. The molecule has 0 aromatic heterocycles. The van der Waals surface area contributed by atoms with Gasteiger partial charge in [-0.25, -0.2) is 0 Å². The molecule has 5 N–H and O–H groups in total. The van der Waals surface area contributed by atoms with Gasteiger partial charge in [-0.2, -0.15) is 0 Å². The van der Waals surface area contributed by atoms with Gasteiger partial charge in [0.2, 0.25) is 5.91 Å². The number of carbonyl (C=O) groups excluding carboxylic acids is 1. The molecular weight excluding hydrogens is 206 g/mol. The fraction of sp³-hybridized carbons (Fsp3) is 0.875. The van der Waals surface area contributed by atoms with Gasteiger partial charge in [-0.1, -0.05) is 0 Å². The number of amides is 1. The van der Waals surface area contributed by atoms with Crippen LogP contribution >= 0.6 is 0 Å². The molecule has 88 valence electrons. The Hall–Kier alpha value is -0.730. The second-order valence-electron chi connectivity index (χ2n) is 3.46. The van der Waals surface area contributed by atoms with E-state index >= 15 is 0 Å². The van der Waals surface area contributed by atoms with Gasteiger partial charge in [0.15, 0.2) is 6.29 Å². The van der Waals surface area contributed by atoms with Crippen molar-refractivity contribution in [3.05, 3.63) is 0 Å². The highest BCUT2D eigenvalue weighted by Crippen LogP contribution is 2.19. The Bertz CT molecular complexity index is 235. The number of ether oxygens (including phenoxy) is 1. The van der Waals surface area contributed by atoms with Crippen molar-refractivity contribution in [2.24, 2.45) is 0 Å². The Morgan fingerprint density at radius 3 is 2.40 bits per heavy atom. The Morgan fingerprint density at radius 2 is 1.93 bits per heavy atom. The number of carbonyl (C=O) groups is 1. The smallest absolute Gasteiger partial charge is 0.217 e. The summed E-state index contributed by atoms with van der Waals surface area (Å²) < 4.78 is 4.73. The molecule has 0 aromatic carbocycles. The van der Waals surface area contributed by atoms with E-state index in [1.165, 1.54) is 6.92 Å². The first kappa shape index (κ1) is 12.3. The minimum atomic E-state index is -1.54. The number of nitrogens with one attached hydrogen (secondary N) is 1. The van der Waals surface area contributed by atoms with Crippen molar-refractivity contribution in [3.8, 4) is 0 Å². The summed E-state index contributed by atoms with van der Waals surface area (Å²) in [5.41, 5.74) is 0. The van der Waals surface area contributed by atoms with E-state index in [0.717, 1.165) is 0 Å². The molecule has 0 saturated carbocycles. The Balaban J connectivity index is 2.74. The largest absolute Gasteiger partial charge is 0.394 e. The lowest BCUT2D eigenvalue weighted by molar-refractivity contribution is -0.261. The van der Waals surface area contributed by atoms with Gasteiger partial charge in [0, 0.05) is 6.92 Å². The number of hydrogen-bond acceptors (Lipinski definition) is 6. The molecule has 5 atom stereocenters. The molecule has 7 nitrogen and oxygen atoms in total. The zero-order valence-electron chi connectivity index (χ0n) is 8.20. The minimum absolute atomic E-state index is 0.455. The zero-order chi connectivity index (χ0) is 11.6. The van der Waals surface area contributed by atoms with Crippen LogP contribution in [0.15, 0.2) is 0 Å². The van der Waals surface area contributed by atoms with Crippen LogP contribution in [0.25, 0.3) is 0 Å². The molecule has 1 rings (SSSR count). The molecule has 1 amide bonds. The summed E-state index contributed by atoms with van der Waals surface area (Å²) in [7, 11) is 0. The maximum absolute atomic E-state index is 10.8. The number of rotatable bonds is 2. The third-order valence-corrected chi connectivity index (χ3v) is 2.27. The summed E-state index contributed by atoms with van der Waals surface area (Å²) in [6, 6.07) is -1.05. The molecule has 1 aliphatic heterocycles. The van der Waals surface area contributed by atoms with E-state index in [2.05, 4.69) is 5.32 Å². The fourth-order valence-corrected chi connectivity index (χ4v) is 1.51. The van der Waals surface area contributed by atoms with Gasteiger partial charge in [-0.3, -0.25) is 4.79 Å². The number of aliphatic hydroxyl groups is 4. The van der Waals surface area contributed by atoms with E-state index < -0.39 is 43.2 Å². The third-order valence-electron chi connectivity index (χ3n) is 2.27. The molecule has 0 unspecified atom stereocenters. The molecule has 1 aliphatic rings. The highest BCUT2D eigenvalue weighted by Gasteiger charge is 2.43. The fourth-order valence-electron chi connectivity index (χ4n) is 1.51. The first-order chi connectivity index (χ1) is 6.97. The lowest BCUT2D eigenvalue weighted by atomic mass is 9.96. The average Bonchev–Trinajstić information content (AvgIpc) is 2.18. The molecule has 1 saturated heterocycles. The first-order valence-corrected chi connectivity index (χ1v) is 4.55. The molecule has 1 fully saturated rings. The topological polar surface area (TPSA) is 119 Å². The van der Waals surface area contributed by atoms with E-state index in [-0.39, 0.29) is 0 Å². The normalized spacial score (nSPS) is 41.3. The highest BCUT2D eigenvalue weighted by molar-refractivity contribution is 5.73. The van der Waals surface area contributed by atoms with Crippen molar-refractivity contribution in [2.75, 3.05) is 6.61 Å². The summed E-state index contributed by atoms with van der Waals surface area (Å²) in [5, 5.41) is 39.4. The highest BCUT2D eigenvalue weighted by atomic mass is 16.6. The second kappa shape index (κ2) is 4.86. The van der Waals surface area contributed by atoms with Crippen molar-refractivity contribution in [1.29, 1.82) is 0 Å². The summed E-state index contributed by atoms with van der Waals surface area (Å²) in [6.07, 6.45) is -5.26. The maximum Gasteiger partial charge on any atom is 0.217 e.